The molecule has 1 rings (SSSR count). The molecule has 0 radical (unpaired) electrons. The maximum atomic E-state index is 12.1. The van der Waals surface area contributed by atoms with Gasteiger partial charge in [-0.25, -0.2) is 8.42 Å². The van der Waals surface area contributed by atoms with E-state index in [1.807, 2.05) is 0 Å². The molecule has 0 unspecified atom stereocenters. The van der Waals surface area contributed by atoms with Crippen LogP contribution in [0.2, 0.25) is 5.02 Å². The Bertz CT molecular complexity index is 709. The molecule has 0 aliphatic carbocycles. The van der Waals surface area contributed by atoms with Gasteiger partial charge in [0.25, 0.3) is 0 Å². The highest BCUT2D eigenvalue weighted by atomic mass is 35.5. The van der Waals surface area contributed by atoms with Crippen LogP contribution < -0.4 is 5.32 Å². The second kappa shape index (κ2) is 6.42. The van der Waals surface area contributed by atoms with E-state index in [1.54, 1.807) is 26.0 Å². The van der Waals surface area contributed by atoms with Crippen molar-refractivity contribution in [3.05, 3.63) is 35.0 Å². The summed E-state index contributed by atoms with van der Waals surface area (Å²) >= 11 is 5.94. The van der Waals surface area contributed by atoms with Crippen molar-refractivity contribution < 1.29 is 8.42 Å². The molecule has 1 N–H and O–H groups in total. The van der Waals surface area contributed by atoms with Crippen molar-refractivity contribution in [3.8, 4) is 12.1 Å². The summed E-state index contributed by atoms with van der Waals surface area (Å²) < 4.78 is 24.1. The van der Waals surface area contributed by atoms with Crippen molar-refractivity contribution in [2.45, 2.75) is 24.0 Å². The maximum absolute atomic E-state index is 12.1. The number of halogens is 1. The van der Waals surface area contributed by atoms with Crippen molar-refractivity contribution in [1.82, 2.24) is 0 Å². The Labute approximate surface area is 123 Å². The molecule has 1 aromatic carbocycles. The zero-order valence-electron chi connectivity index (χ0n) is 10.9. The van der Waals surface area contributed by atoms with Gasteiger partial charge in [0.2, 0.25) is 0 Å². The number of anilines is 1. The number of nitriles is 2. The molecule has 0 saturated carbocycles. The van der Waals surface area contributed by atoms with Crippen LogP contribution in [0.25, 0.3) is 0 Å². The molecule has 20 heavy (non-hydrogen) atoms. The average molecular weight is 310 g/mol. The highest BCUT2D eigenvalue weighted by Gasteiger charge is 2.20. The third kappa shape index (κ3) is 3.51. The zero-order chi connectivity index (χ0) is 15.3. The summed E-state index contributed by atoms with van der Waals surface area (Å²) in [6.45, 7) is 3.17. The Morgan fingerprint density at radius 2 is 1.95 bits per heavy atom. The normalized spacial score (nSPS) is 10.5. The van der Waals surface area contributed by atoms with Gasteiger partial charge in [0.05, 0.1) is 20.9 Å². The lowest BCUT2D eigenvalue weighted by atomic mass is 10.3. The van der Waals surface area contributed by atoms with Crippen LogP contribution in [0, 0.1) is 22.7 Å². The van der Waals surface area contributed by atoms with E-state index in [4.69, 9.17) is 22.1 Å². The van der Waals surface area contributed by atoms with E-state index in [0.29, 0.717) is 10.7 Å². The van der Waals surface area contributed by atoms with Crippen LogP contribution in [0.3, 0.4) is 0 Å². The monoisotopic (exact) mass is 309 g/mol. The molecule has 0 spiro atoms. The number of allylic oxidation sites excluding steroid dienone is 1. The second-order valence-corrected chi connectivity index (χ2v) is 7.07. The number of nitrogens with zero attached hydrogens (tertiary/aromatic N) is 2. The van der Waals surface area contributed by atoms with Crippen LogP contribution in [-0.2, 0) is 9.84 Å². The van der Waals surface area contributed by atoms with Gasteiger partial charge >= 0.3 is 0 Å². The van der Waals surface area contributed by atoms with E-state index in [0.717, 1.165) is 0 Å². The zero-order valence-corrected chi connectivity index (χ0v) is 12.5. The first-order chi connectivity index (χ1) is 9.32. The molecular formula is C13H12ClN3O2S. The molecule has 0 aliphatic rings. The van der Waals surface area contributed by atoms with Crippen LogP contribution in [-0.4, -0.2) is 13.7 Å². The number of hydrogen-bond acceptors (Lipinski definition) is 5. The van der Waals surface area contributed by atoms with Crippen molar-refractivity contribution in [1.29, 1.82) is 10.5 Å². The third-order valence-electron chi connectivity index (χ3n) is 2.50. The summed E-state index contributed by atoms with van der Waals surface area (Å²) in [7, 11) is -3.42. The summed E-state index contributed by atoms with van der Waals surface area (Å²) in [6.07, 6.45) is 1.17. The van der Waals surface area contributed by atoms with Crippen LogP contribution in [0.1, 0.15) is 13.8 Å². The average Bonchev–Trinajstić information content (AvgIpc) is 2.41. The highest BCUT2D eigenvalue weighted by Crippen LogP contribution is 2.27. The molecule has 104 valence electrons. The van der Waals surface area contributed by atoms with Crippen LogP contribution in [0.15, 0.2) is 34.9 Å². The Morgan fingerprint density at radius 1 is 1.35 bits per heavy atom. The van der Waals surface area contributed by atoms with Gasteiger partial charge < -0.3 is 5.32 Å². The Kier molecular flexibility index (Phi) is 5.15. The van der Waals surface area contributed by atoms with E-state index in [9.17, 15) is 8.42 Å². The maximum Gasteiger partial charge on any atom is 0.180 e. The molecule has 0 bridgehead atoms. The Morgan fingerprint density at radius 3 is 2.45 bits per heavy atom. The standard InChI is InChI=1S/C13H12ClN3O2S/c1-9(2)20(18,19)11-3-4-12(14)13(5-11)17-8-10(6-15)7-16/h3-5,8-9,17H,1-2H3. The predicted molar refractivity (Wildman–Crippen MR) is 76.7 cm³/mol. The van der Waals surface area contributed by atoms with Crippen molar-refractivity contribution in [3.63, 3.8) is 0 Å². The van der Waals surface area contributed by atoms with E-state index in [1.165, 1.54) is 24.4 Å². The number of nitrogens with one attached hydrogen (secondary N) is 1. The van der Waals surface area contributed by atoms with Crippen molar-refractivity contribution >= 4 is 27.1 Å². The van der Waals surface area contributed by atoms with Gasteiger partial charge in [-0.05, 0) is 32.0 Å². The molecule has 0 heterocycles. The first kappa shape index (κ1) is 16.0. The molecule has 7 heteroatoms. The van der Waals surface area contributed by atoms with E-state index in [2.05, 4.69) is 5.32 Å². The molecule has 0 amide bonds. The molecule has 0 atom stereocenters. The minimum Gasteiger partial charge on any atom is -0.359 e. The minimum atomic E-state index is -3.42. The highest BCUT2D eigenvalue weighted by molar-refractivity contribution is 7.92. The third-order valence-corrected chi connectivity index (χ3v) is 4.98. The quantitative estimate of drug-likeness (QED) is 0.863. The Hall–Kier alpha value is -2.02. The molecular weight excluding hydrogens is 298 g/mol. The molecule has 0 aliphatic heterocycles. The van der Waals surface area contributed by atoms with Crippen molar-refractivity contribution in [2.75, 3.05) is 5.32 Å². The number of sulfone groups is 1. The largest absolute Gasteiger partial charge is 0.359 e. The summed E-state index contributed by atoms with van der Waals surface area (Å²) in [5, 5.41) is 19.6. The lowest BCUT2D eigenvalue weighted by Gasteiger charge is -2.10. The van der Waals surface area contributed by atoms with Gasteiger partial charge in [-0.15, -0.1) is 0 Å². The van der Waals surface area contributed by atoms with Gasteiger partial charge in [-0.3, -0.25) is 0 Å². The molecule has 0 fully saturated rings. The van der Waals surface area contributed by atoms with Crippen LogP contribution in [0.4, 0.5) is 5.69 Å². The topological polar surface area (TPSA) is 93.8 Å². The molecule has 0 aromatic heterocycles. The Balaban J connectivity index is 3.22. The van der Waals surface area contributed by atoms with Gasteiger partial charge in [0.1, 0.15) is 17.7 Å². The fourth-order valence-corrected chi connectivity index (χ4v) is 2.56. The van der Waals surface area contributed by atoms with E-state index < -0.39 is 15.1 Å². The summed E-state index contributed by atoms with van der Waals surface area (Å²) in [5.74, 6) is 0. The van der Waals surface area contributed by atoms with Crippen molar-refractivity contribution in [2.24, 2.45) is 0 Å². The first-order valence-electron chi connectivity index (χ1n) is 5.63. The molecule has 1 aromatic rings. The van der Waals surface area contributed by atoms with Gasteiger partial charge in [-0.2, -0.15) is 10.5 Å². The predicted octanol–water partition coefficient (Wildman–Crippen LogP) is 2.87. The van der Waals surface area contributed by atoms with Crippen LogP contribution >= 0.6 is 11.6 Å². The number of hydrogen-bond donors (Lipinski definition) is 1. The number of benzene rings is 1. The van der Waals surface area contributed by atoms with Gasteiger partial charge in [0.15, 0.2) is 9.84 Å². The summed E-state index contributed by atoms with van der Waals surface area (Å²) in [4.78, 5) is 0.128. The smallest absolute Gasteiger partial charge is 0.180 e. The van der Waals surface area contributed by atoms with E-state index >= 15 is 0 Å². The lowest BCUT2D eigenvalue weighted by Crippen LogP contribution is -2.14. The lowest BCUT2D eigenvalue weighted by molar-refractivity contribution is 0.587. The molecule has 0 saturated heterocycles. The second-order valence-electron chi connectivity index (χ2n) is 4.16. The first-order valence-corrected chi connectivity index (χ1v) is 7.55. The minimum absolute atomic E-state index is 0.128. The number of rotatable bonds is 4. The van der Waals surface area contributed by atoms with E-state index in [-0.39, 0.29) is 10.5 Å². The summed E-state index contributed by atoms with van der Waals surface area (Å²) in [6, 6.07) is 7.61. The van der Waals surface area contributed by atoms with Gasteiger partial charge in [-0.1, -0.05) is 11.6 Å². The molecule has 5 nitrogen and oxygen atoms in total. The fourth-order valence-electron chi connectivity index (χ4n) is 1.30. The SMILES string of the molecule is CC(C)S(=O)(=O)c1ccc(Cl)c(NC=C(C#N)C#N)c1. The fraction of sp³-hybridized carbons (Fsp3) is 0.231. The van der Waals surface area contributed by atoms with Gasteiger partial charge in [0, 0.05) is 6.20 Å². The summed E-state index contributed by atoms with van der Waals surface area (Å²) in [5.41, 5.74) is 0.176. The van der Waals surface area contributed by atoms with Crippen LogP contribution in [0.5, 0.6) is 0 Å².